The predicted molar refractivity (Wildman–Crippen MR) is 168 cm³/mol. The van der Waals surface area contributed by atoms with E-state index in [-0.39, 0.29) is 53.4 Å². The summed E-state index contributed by atoms with van der Waals surface area (Å²) in [7, 11) is 0. The molecule has 4 fully saturated rings. The Balaban J connectivity index is 1.24. The molecule has 5 aliphatic rings. The van der Waals surface area contributed by atoms with Crippen molar-refractivity contribution in [1.82, 2.24) is 25.2 Å². The molecule has 0 saturated carbocycles. The Morgan fingerprint density at radius 2 is 2.00 bits per heavy atom. The van der Waals surface area contributed by atoms with Crippen LogP contribution in [0.25, 0.3) is 32.9 Å². The Labute approximate surface area is 264 Å². The van der Waals surface area contributed by atoms with Crippen molar-refractivity contribution in [3.05, 3.63) is 47.5 Å². The van der Waals surface area contributed by atoms with Gasteiger partial charge in [-0.2, -0.15) is 9.97 Å². The van der Waals surface area contributed by atoms with Gasteiger partial charge in [0.25, 0.3) is 0 Å². The van der Waals surface area contributed by atoms with Gasteiger partial charge in [0.1, 0.15) is 41.0 Å². The molecule has 11 heteroatoms. The van der Waals surface area contributed by atoms with E-state index >= 15 is 4.39 Å². The van der Waals surface area contributed by atoms with Gasteiger partial charge in [0.05, 0.1) is 17.7 Å². The highest BCUT2D eigenvalue weighted by molar-refractivity contribution is 6.03. The van der Waals surface area contributed by atoms with Crippen molar-refractivity contribution >= 4 is 27.5 Å². The smallest absolute Gasteiger partial charge is 0.319 e. The number of hydrogen-bond acceptors (Lipinski definition) is 8. The SMILES string of the molecule is C#Cc1c(F)ccc2cccc(-c3nc4c5c(nc(OC[C@@]67CCCN6C[C@H](F)C7)nc5c3F)N3CC5CC[C@H](N5)[C@H]3CCO4)c12. The molecule has 46 heavy (non-hydrogen) atoms. The number of anilines is 1. The monoisotopic (exact) mass is 626 g/mol. The summed E-state index contributed by atoms with van der Waals surface area (Å²) >= 11 is 0. The number of hydrogen-bond donors (Lipinski definition) is 1. The van der Waals surface area contributed by atoms with Crippen LogP contribution in [0.3, 0.4) is 0 Å². The van der Waals surface area contributed by atoms with Crippen LogP contribution in [0.2, 0.25) is 0 Å². The van der Waals surface area contributed by atoms with E-state index in [0.717, 1.165) is 38.6 Å². The molecule has 9 rings (SSSR count). The van der Waals surface area contributed by atoms with Gasteiger partial charge in [-0.3, -0.25) is 4.90 Å². The van der Waals surface area contributed by atoms with Crippen LogP contribution in [0.1, 0.15) is 44.1 Å². The molecule has 2 aromatic carbocycles. The van der Waals surface area contributed by atoms with Crippen molar-refractivity contribution in [2.75, 3.05) is 37.7 Å². The maximum atomic E-state index is 17.1. The number of alkyl halides is 1. The molecule has 0 amide bonds. The Bertz CT molecular complexity index is 1950. The average Bonchev–Trinajstić information content (AvgIpc) is 3.72. The zero-order valence-corrected chi connectivity index (χ0v) is 25.2. The Hall–Kier alpha value is -4.14. The van der Waals surface area contributed by atoms with Crippen LogP contribution in [-0.4, -0.2) is 82.5 Å². The van der Waals surface area contributed by atoms with Crippen molar-refractivity contribution in [2.24, 2.45) is 0 Å². The Morgan fingerprint density at radius 3 is 2.89 bits per heavy atom. The molecule has 0 spiro atoms. The van der Waals surface area contributed by atoms with Gasteiger partial charge in [0.15, 0.2) is 5.82 Å². The number of fused-ring (bicyclic) bond motifs is 7. The van der Waals surface area contributed by atoms with Crippen LogP contribution < -0.4 is 19.7 Å². The largest absolute Gasteiger partial charge is 0.477 e. The Kier molecular flexibility index (Phi) is 6.38. The van der Waals surface area contributed by atoms with Gasteiger partial charge in [-0.25, -0.2) is 18.2 Å². The fourth-order valence-corrected chi connectivity index (χ4v) is 8.76. The number of halogens is 3. The molecule has 236 valence electrons. The molecule has 2 aromatic heterocycles. The van der Waals surface area contributed by atoms with E-state index in [2.05, 4.69) is 26.0 Å². The molecule has 1 N–H and O–H groups in total. The van der Waals surface area contributed by atoms with Gasteiger partial charge in [0, 0.05) is 55.0 Å². The first-order chi connectivity index (χ1) is 22.4. The second-order valence-corrected chi connectivity index (χ2v) is 13.4. The van der Waals surface area contributed by atoms with E-state index in [9.17, 15) is 8.78 Å². The summed E-state index contributed by atoms with van der Waals surface area (Å²) in [6, 6.07) is 8.84. The minimum atomic E-state index is -0.906. The topological polar surface area (TPSA) is 75.6 Å². The molecular weight excluding hydrogens is 593 g/mol. The number of aromatic nitrogens is 3. The second-order valence-electron chi connectivity index (χ2n) is 13.4. The summed E-state index contributed by atoms with van der Waals surface area (Å²) in [6.07, 6.45) is 9.85. The van der Waals surface area contributed by atoms with Crippen LogP contribution in [0, 0.1) is 24.0 Å². The third kappa shape index (κ3) is 4.19. The lowest BCUT2D eigenvalue weighted by Gasteiger charge is -2.43. The van der Waals surface area contributed by atoms with Crippen LogP contribution >= 0.6 is 0 Å². The van der Waals surface area contributed by atoms with E-state index < -0.39 is 23.3 Å². The van der Waals surface area contributed by atoms with Crippen molar-refractivity contribution in [3.63, 3.8) is 0 Å². The number of terminal acetylenes is 1. The molecule has 0 radical (unpaired) electrons. The lowest BCUT2D eigenvalue weighted by Crippen LogP contribution is -2.59. The highest BCUT2D eigenvalue weighted by Crippen LogP contribution is 2.45. The fourth-order valence-electron chi connectivity index (χ4n) is 8.76. The van der Waals surface area contributed by atoms with Crippen molar-refractivity contribution < 1.29 is 22.6 Å². The van der Waals surface area contributed by atoms with E-state index in [1.165, 1.54) is 6.07 Å². The number of nitrogens with one attached hydrogen (secondary N) is 1. The van der Waals surface area contributed by atoms with Crippen LogP contribution in [-0.2, 0) is 0 Å². The zero-order chi connectivity index (χ0) is 31.2. The number of ether oxygens (including phenoxy) is 2. The highest BCUT2D eigenvalue weighted by atomic mass is 19.1. The first-order valence-electron chi connectivity index (χ1n) is 16.2. The molecule has 1 unspecified atom stereocenters. The quantitative estimate of drug-likeness (QED) is 0.312. The average molecular weight is 627 g/mol. The number of benzene rings is 2. The van der Waals surface area contributed by atoms with Gasteiger partial charge in [0.2, 0.25) is 5.88 Å². The molecule has 4 aromatic rings. The summed E-state index contributed by atoms with van der Waals surface area (Å²) in [5, 5.41) is 5.16. The summed E-state index contributed by atoms with van der Waals surface area (Å²) < 4.78 is 59.1. The summed E-state index contributed by atoms with van der Waals surface area (Å²) in [5.74, 6) is 1.92. The van der Waals surface area contributed by atoms with Gasteiger partial charge in [-0.05, 0) is 43.7 Å². The zero-order valence-electron chi connectivity index (χ0n) is 25.2. The number of piperazine rings is 1. The molecule has 5 atom stereocenters. The van der Waals surface area contributed by atoms with Crippen molar-refractivity contribution in [3.8, 4) is 35.5 Å². The molecule has 4 saturated heterocycles. The van der Waals surface area contributed by atoms with Gasteiger partial charge < -0.3 is 19.7 Å². The lowest BCUT2D eigenvalue weighted by molar-refractivity contribution is 0.107. The summed E-state index contributed by atoms with van der Waals surface area (Å²) in [5.41, 5.74) is -0.0766. The normalized spacial score (nSPS) is 28.4. The minimum Gasteiger partial charge on any atom is -0.477 e. The molecule has 2 bridgehead atoms. The minimum absolute atomic E-state index is 0.0118. The maximum Gasteiger partial charge on any atom is 0.319 e. The maximum absolute atomic E-state index is 17.1. The van der Waals surface area contributed by atoms with E-state index in [0.29, 0.717) is 53.7 Å². The lowest BCUT2D eigenvalue weighted by atomic mass is 9.95. The molecule has 8 nitrogen and oxygen atoms in total. The fraction of sp³-hybridized carbons (Fsp3) is 0.457. The Morgan fingerprint density at radius 1 is 1.09 bits per heavy atom. The van der Waals surface area contributed by atoms with Crippen LogP contribution in [0.4, 0.5) is 19.0 Å². The summed E-state index contributed by atoms with van der Waals surface area (Å²) in [6.45, 7) is 2.51. The molecule has 7 heterocycles. The first-order valence-corrected chi connectivity index (χ1v) is 16.2. The van der Waals surface area contributed by atoms with Crippen LogP contribution in [0.5, 0.6) is 11.9 Å². The van der Waals surface area contributed by atoms with Crippen molar-refractivity contribution in [1.29, 1.82) is 0 Å². The summed E-state index contributed by atoms with van der Waals surface area (Å²) in [4.78, 5) is 18.7. The predicted octanol–water partition coefficient (Wildman–Crippen LogP) is 5.15. The molecule has 0 aliphatic carbocycles. The number of nitrogens with zero attached hydrogens (tertiary/aromatic N) is 5. The van der Waals surface area contributed by atoms with E-state index in [4.69, 9.17) is 25.9 Å². The van der Waals surface area contributed by atoms with E-state index in [1.807, 2.05) is 0 Å². The van der Waals surface area contributed by atoms with Crippen LogP contribution in [0.15, 0.2) is 30.3 Å². The van der Waals surface area contributed by atoms with E-state index in [1.54, 1.807) is 24.3 Å². The highest BCUT2D eigenvalue weighted by Gasteiger charge is 2.50. The number of rotatable bonds is 4. The first kappa shape index (κ1) is 28.1. The van der Waals surface area contributed by atoms with Gasteiger partial charge in [-0.15, -0.1) is 6.42 Å². The number of pyridine rings is 1. The van der Waals surface area contributed by atoms with Gasteiger partial charge in [-0.1, -0.05) is 30.2 Å². The van der Waals surface area contributed by atoms with Crippen molar-refractivity contribution in [2.45, 2.75) is 68.4 Å². The third-order valence-electron chi connectivity index (χ3n) is 10.8. The molecule has 5 aliphatic heterocycles. The van der Waals surface area contributed by atoms with Gasteiger partial charge >= 0.3 is 6.01 Å². The third-order valence-corrected chi connectivity index (χ3v) is 10.8. The molecular formula is C35H33F3N6O2. The second kappa shape index (κ2) is 10.4. The standard InChI is InChI=1S/C35H33F3N6O2/c1-2-22-24(37)9-7-19-5-3-6-23(27(19)22)30-29(38)31-28-32(42-34(41-31)46-18-35-12-4-13-43(35)16-20(36)15-35)44-17-21-8-10-25(39-21)26(44)11-14-45-33(28)40-30/h1,3,5-7,9,20-21,25-26,39H,4,8,10-18H2/t20-,21?,25+,26-,35+/m1/s1.